The number of carbonyl (C=O) groups excluding carboxylic acids is 1. The molecule has 4 nitrogen and oxygen atoms in total. The van der Waals surface area contributed by atoms with Crippen LogP contribution in [0, 0.1) is 78.5 Å². The third-order valence-electron chi connectivity index (χ3n) is 15.2. The Balaban J connectivity index is 0. The molecule has 4 heteroatoms. The number of hydrogen-bond donors (Lipinski definition) is 2. The van der Waals surface area contributed by atoms with Gasteiger partial charge in [0.05, 0.1) is 5.92 Å². The van der Waals surface area contributed by atoms with Crippen LogP contribution in [0.2, 0.25) is 0 Å². The predicted octanol–water partition coefficient (Wildman–Crippen LogP) is 18.3. The SMILES string of the molecule is C#C.C#CC(C(=O)C(=C)CCCCNC(=C)C)C(C)CCCC[C@H](CC)/C(C)=C/C=C/C=C/[C@@H](C)CC(C)C(=C)C(CC)C/C(C)=C/[C@@H](C)C(=C)CCCCC1CCC(N(C=C)NC)C(CC)C1.CC. The van der Waals surface area contributed by atoms with Crippen molar-refractivity contribution >= 4 is 5.78 Å². The van der Waals surface area contributed by atoms with Crippen LogP contribution in [0.3, 0.4) is 0 Å². The maximum Gasteiger partial charge on any atom is 0.173 e. The van der Waals surface area contributed by atoms with Crippen molar-refractivity contribution in [3.05, 3.63) is 109 Å². The molecule has 0 saturated heterocycles. The first-order chi connectivity index (χ1) is 33.5. The van der Waals surface area contributed by atoms with E-state index in [1.807, 2.05) is 34.0 Å². The van der Waals surface area contributed by atoms with Gasteiger partial charge < -0.3 is 10.3 Å². The fourth-order valence-corrected chi connectivity index (χ4v) is 10.6. The largest absolute Gasteiger partial charge is 0.389 e. The molecule has 1 saturated carbocycles. The van der Waals surface area contributed by atoms with Crippen LogP contribution in [0.25, 0.3) is 0 Å². The van der Waals surface area contributed by atoms with Gasteiger partial charge in [-0.1, -0.05) is 192 Å². The molecule has 70 heavy (non-hydrogen) atoms. The van der Waals surface area contributed by atoms with Crippen molar-refractivity contribution in [1.29, 1.82) is 0 Å². The fraction of sp³-hybridized carbons (Fsp3) is 0.652. The topological polar surface area (TPSA) is 44.4 Å². The minimum atomic E-state index is -0.377. The summed E-state index contributed by atoms with van der Waals surface area (Å²) in [5, 5.41) is 5.47. The average molecular weight is 963 g/mol. The summed E-state index contributed by atoms with van der Waals surface area (Å²) in [5.74, 6) is 6.69. The van der Waals surface area contributed by atoms with Crippen molar-refractivity contribution in [3.63, 3.8) is 0 Å². The van der Waals surface area contributed by atoms with Gasteiger partial charge in [-0.05, 0) is 164 Å². The molecular weight excluding hydrogens is 851 g/mol. The molecule has 2 N–H and O–H groups in total. The normalized spacial score (nSPS) is 19.1. The van der Waals surface area contributed by atoms with E-state index in [0.717, 1.165) is 94.7 Å². The summed E-state index contributed by atoms with van der Waals surface area (Å²) in [6, 6.07) is 0.580. The smallest absolute Gasteiger partial charge is 0.173 e. The molecule has 1 fully saturated rings. The molecule has 10 atom stereocenters. The first-order valence-corrected chi connectivity index (χ1v) is 28.0. The second kappa shape index (κ2) is 41.6. The Hall–Kier alpha value is -3.99. The zero-order valence-electron chi connectivity index (χ0n) is 48.1. The van der Waals surface area contributed by atoms with E-state index < -0.39 is 0 Å². The number of hydrogen-bond acceptors (Lipinski definition) is 4. The lowest BCUT2D eigenvalue weighted by Gasteiger charge is -2.41. The molecule has 0 spiro atoms. The quantitative estimate of drug-likeness (QED) is 0.0163. The summed E-state index contributed by atoms with van der Waals surface area (Å²) in [5.41, 5.74) is 10.7. The van der Waals surface area contributed by atoms with Crippen molar-refractivity contribution in [2.45, 2.75) is 211 Å². The molecule has 0 aliphatic heterocycles. The second-order valence-electron chi connectivity index (χ2n) is 20.8. The summed E-state index contributed by atoms with van der Waals surface area (Å²) >= 11 is 0. The number of nitrogens with one attached hydrogen (secondary N) is 2. The number of ketones is 1. The standard InChI is InChI=1S/C62H103N3O.C2H6.C2H2/c1-18-57(38-29-27-35-51(12)60(21-4)62(66)52(13)36-30-31-41-64-46(6)7)50(11)34-25-23-24-32-47(8)42-54(15)55(16)58(19-2)44-48(9)43-53(14)49(10)33-26-28-37-56-39-40-61(59(20-3)45-56)65(22-5)63-17;2*1-2/h4,22-25,32,34,43,47,51,53-54,56-61,63-64H,5-6,10,13,16,18-20,26-31,33,35-42,44-45H2,1-3,7-9,11-12,14-15,17H3;1-2H3;1-2H/b25-23+,32-24+,48-43+,50-34+;;/t47-,51?,53-,54?,56?,57+,58?,59?,60?,61?;;/m1../s1. The van der Waals surface area contributed by atoms with Crippen molar-refractivity contribution in [3.8, 4) is 25.2 Å². The molecule has 0 aromatic carbocycles. The van der Waals surface area contributed by atoms with Crippen molar-refractivity contribution in [1.82, 2.24) is 15.8 Å². The van der Waals surface area contributed by atoms with Crippen molar-refractivity contribution < 1.29 is 4.79 Å². The number of rotatable bonds is 37. The van der Waals surface area contributed by atoms with Gasteiger partial charge in [0.25, 0.3) is 0 Å². The number of allylic oxidation sites excluding steroid dienone is 12. The van der Waals surface area contributed by atoms with Crippen molar-refractivity contribution in [2.24, 2.45) is 53.3 Å². The molecule has 396 valence electrons. The molecule has 0 radical (unpaired) electrons. The Morgan fingerprint density at radius 2 is 1.49 bits per heavy atom. The van der Waals surface area contributed by atoms with Gasteiger partial charge in [0, 0.05) is 31.5 Å². The van der Waals surface area contributed by atoms with E-state index in [2.05, 4.69) is 166 Å². The zero-order chi connectivity index (χ0) is 53.6. The first-order valence-electron chi connectivity index (χ1n) is 28.0. The van der Waals surface area contributed by atoms with Crippen LogP contribution in [-0.2, 0) is 4.79 Å². The lowest BCUT2D eigenvalue weighted by molar-refractivity contribution is -0.119. The number of terminal acetylenes is 2. The summed E-state index contributed by atoms with van der Waals surface area (Å²) in [7, 11) is 2.01. The van der Waals surface area contributed by atoms with Crippen LogP contribution >= 0.6 is 0 Å². The maximum atomic E-state index is 13.1. The average Bonchev–Trinajstić information content (AvgIpc) is 3.35. The molecule has 1 aliphatic carbocycles. The molecule has 0 aromatic heterocycles. The van der Waals surface area contributed by atoms with Gasteiger partial charge in [-0.15, -0.1) is 19.3 Å². The number of hydrazine groups is 1. The van der Waals surface area contributed by atoms with Crippen LogP contribution < -0.4 is 10.7 Å². The third-order valence-corrected chi connectivity index (χ3v) is 15.2. The lowest BCUT2D eigenvalue weighted by atomic mass is 9.74. The zero-order valence-corrected chi connectivity index (χ0v) is 48.1. The van der Waals surface area contributed by atoms with E-state index in [-0.39, 0.29) is 17.6 Å². The Labute approximate surface area is 436 Å². The molecule has 7 unspecified atom stereocenters. The van der Waals surface area contributed by atoms with Gasteiger partial charge in [-0.2, -0.15) is 0 Å². The Kier molecular flexibility index (Phi) is 40.5. The summed E-state index contributed by atoms with van der Waals surface area (Å²) in [4.78, 5) is 13.1. The number of nitrogens with zero attached hydrogens (tertiary/aromatic N) is 1. The van der Waals surface area contributed by atoms with Gasteiger partial charge in [0.15, 0.2) is 5.78 Å². The predicted molar refractivity (Wildman–Crippen MR) is 315 cm³/mol. The van der Waals surface area contributed by atoms with E-state index in [1.54, 1.807) is 0 Å². The molecule has 1 aliphatic rings. The molecule has 1 rings (SSSR count). The van der Waals surface area contributed by atoms with Gasteiger partial charge in [-0.3, -0.25) is 4.79 Å². The Bertz CT molecular complexity index is 1680. The summed E-state index contributed by atoms with van der Waals surface area (Å²) < 4.78 is 0. The van der Waals surface area contributed by atoms with Crippen LogP contribution in [0.15, 0.2) is 109 Å². The highest BCUT2D eigenvalue weighted by Crippen LogP contribution is 2.37. The van der Waals surface area contributed by atoms with Crippen LogP contribution in [-0.4, -0.2) is 30.4 Å². The second-order valence-corrected chi connectivity index (χ2v) is 20.8. The highest BCUT2D eigenvalue weighted by molar-refractivity contribution is 5.98. The molecule has 0 heterocycles. The van der Waals surface area contributed by atoms with Gasteiger partial charge in [-0.25, -0.2) is 5.43 Å². The van der Waals surface area contributed by atoms with E-state index >= 15 is 0 Å². The van der Waals surface area contributed by atoms with E-state index in [1.165, 1.54) is 67.2 Å². The van der Waals surface area contributed by atoms with Gasteiger partial charge >= 0.3 is 0 Å². The number of carbonyl (C=O) groups is 1. The molecular formula is C66H111N3O. The van der Waals surface area contributed by atoms with Crippen LogP contribution in [0.1, 0.15) is 205 Å². The third kappa shape index (κ3) is 28.2. The van der Waals surface area contributed by atoms with Crippen molar-refractivity contribution in [2.75, 3.05) is 13.6 Å². The molecule has 0 bridgehead atoms. The molecule has 0 amide bonds. The number of unbranched alkanes of at least 4 members (excludes halogenated alkanes) is 3. The minimum Gasteiger partial charge on any atom is -0.389 e. The fourth-order valence-electron chi connectivity index (χ4n) is 10.6. The van der Waals surface area contributed by atoms with E-state index in [4.69, 9.17) is 6.42 Å². The van der Waals surface area contributed by atoms with Gasteiger partial charge in [0.1, 0.15) is 0 Å². The summed E-state index contributed by atoms with van der Waals surface area (Å²) in [6.07, 6.45) is 51.2. The van der Waals surface area contributed by atoms with Crippen LogP contribution in [0.4, 0.5) is 0 Å². The van der Waals surface area contributed by atoms with E-state index in [9.17, 15) is 4.79 Å². The molecule has 0 aromatic rings. The minimum absolute atomic E-state index is 0.0571. The Morgan fingerprint density at radius 1 is 0.843 bits per heavy atom. The first kappa shape index (κ1) is 68.1. The highest BCUT2D eigenvalue weighted by Gasteiger charge is 2.32. The lowest BCUT2D eigenvalue weighted by Crippen LogP contribution is -2.46. The van der Waals surface area contributed by atoms with Crippen LogP contribution in [0.5, 0.6) is 0 Å². The van der Waals surface area contributed by atoms with E-state index in [0.29, 0.717) is 47.6 Å². The highest BCUT2D eigenvalue weighted by atomic mass is 16.1. The van der Waals surface area contributed by atoms with Gasteiger partial charge in [0.2, 0.25) is 0 Å². The summed E-state index contributed by atoms with van der Waals surface area (Å²) in [6.45, 7) is 48.7. The maximum absolute atomic E-state index is 13.1. The Morgan fingerprint density at radius 3 is 2.07 bits per heavy atom. The monoisotopic (exact) mass is 962 g/mol. The number of Topliss-reactive ketones (excluding diaryl/α,β-unsaturated/α-hetero) is 1.